The number of fused-ring (bicyclic) bond motifs is 1. The van der Waals surface area contributed by atoms with Crippen molar-refractivity contribution in [2.24, 2.45) is 0 Å². The largest absolute Gasteiger partial charge is 0.378 e. The molecule has 0 bridgehead atoms. The van der Waals surface area contributed by atoms with E-state index in [9.17, 15) is 13.6 Å². The summed E-state index contributed by atoms with van der Waals surface area (Å²) in [6.45, 7) is 7.39. The van der Waals surface area contributed by atoms with Crippen LogP contribution in [0, 0.1) is 18.7 Å². The van der Waals surface area contributed by atoms with Crippen molar-refractivity contribution >= 4 is 23.1 Å². The van der Waals surface area contributed by atoms with Gasteiger partial charge < -0.3 is 19.9 Å². The lowest BCUT2D eigenvalue weighted by Gasteiger charge is -2.29. The average molecular weight is 468 g/mol. The fourth-order valence-electron chi connectivity index (χ4n) is 4.52. The monoisotopic (exact) mass is 467 g/mol. The number of urea groups is 1. The quantitative estimate of drug-likeness (QED) is 0.570. The van der Waals surface area contributed by atoms with Crippen LogP contribution in [0.15, 0.2) is 42.2 Å². The maximum Gasteiger partial charge on any atom is 0.322 e. The number of aryl methyl sites for hydroxylation is 1. The van der Waals surface area contributed by atoms with E-state index in [4.69, 9.17) is 4.74 Å². The highest BCUT2D eigenvalue weighted by atomic mass is 19.1. The van der Waals surface area contributed by atoms with Crippen LogP contribution in [0.5, 0.6) is 0 Å². The van der Waals surface area contributed by atoms with Gasteiger partial charge in [0, 0.05) is 37.9 Å². The number of carbonyl (C=O) groups is 1. The summed E-state index contributed by atoms with van der Waals surface area (Å²) in [5.74, 6) is -0.992. The Morgan fingerprint density at radius 3 is 2.74 bits per heavy atom. The molecule has 0 spiro atoms. The molecular weight excluding hydrogens is 440 g/mol. The molecule has 0 saturated carbocycles. The van der Waals surface area contributed by atoms with Gasteiger partial charge in [-0.25, -0.2) is 14.2 Å². The Morgan fingerprint density at radius 1 is 1.21 bits per heavy atom. The van der Waals surface area contributed by atoms with Crippen LogP contribution in [0.1, 0.15) is 18.9 Å². The molecule has 2 aliphatic heterocycles. The number of amides is 2. The number of ether oxygens (including phenoxy) is 1. The van der Waals surface area contributed by atoms with Crippen molar-refractivity contribution in [3.05, 3.63) is 59.6 Å². The molecule has 4 heterocycles. The van der Waals surface area contributed by atoms with Gasteiger partial charge in [0.15, 0.2) is 5.65 Å². The lowest BCUT2D eigenvalue weighted by molar-refractivity contribution is 0.123. The minimum atomic E-state index is -0.513. The normalized spacial score (nSPS) is 16.3. The van der Waals surface area contributed by atoms with Gasteiger partial charge in [-0.15, -0.1) is 0 Å². The highest BCUT2D eigenvalue weighted by Crippen LogP contribution is 2.34. The molecule has 178 valence electrons. The maximum atomic E-state index is 14.8. The van der Waals surface area contributed by atoms with E-state index in [2.05, 4.69) is 15.2 Å². The van der Waals surface area contributed by atoms with Gasteiger partial charge in [0.2, 0.25) is 5.95 Å². The van der Waals surface area contributed by atoms with Crippen molar-refractivity contribution in [2.45, 2.75) is 20.3 Å². The summed E-state index contributed by atoms with van der Waals surface area (Å²) in [5, 5.41) is 2.71. The van der Waals surface area contributed by atoms with Crippen molar-refractivity contribution in [3.63, 3.8) is 0 Å². The number of anilines is 2. The predicted molar refractivity (Wildman–Crippen MR) is 127 cm³/mol. The van der Waals surface area contributed by atoms with Crippen LogP contribution >= 0.6 is 0 Å². The Labute approximate surface area is 196 Å². The van der Waals surface area contributed by atoms with Crippen LogP contribution in [-0.2, 0) is 4.74 Å². The van der Waals surface area contributed by atoms with Crippen molar-refractivity contribution in [3.8, 4) is 11.1 Å². The number of halogens is 2. The number of aromatic nitrogens is 2. The highest BCUT2D eigenvalue weighted by molar-refractivity contribution is 5.91. The number of rotatable bonds is 4. The Morgan fingerprint density at radius 2 is 2.00 bits per heavy atom. The third kappa shape index (κ3) is 4.11. The van der Waals surface area contributed by atoms with E-state index >= 15 is 0 Å². The summed E-state index contributed by atoms with van der Waals surface area (Å²) in [6, 6.07) is 4.61. The van der Waals surface area contributed by atoms with Gasteiger partial charge in [0.05, 0.1) is 30.8 Å². The lowest BCUT2D eigenvalue weighted by Crippen LogP contribution is -2.36. The van der Waals surface area contributed by atoms with Crippen molar-refractivity contribution in [1.29, 1.82) is 0 Å². The number of morpholine rings is 1. The molecule has 0 unspecified atom stereocenters. The minimum Gasteiger partial charge on any atom is -0.378 e. The zero-order chi connectivity index (χ0) is 23.8. The van der Waals surface area contributed by atoms with Crippen LogP contribution in [-0.4, -0.2) is 59.7 Å². The van der Waals surface area contributed by atoms with Gasteiger partial charge >= 0.3 is 6.03 Å². The minimum absolute atomic E-state index is 0.0923. The molecule has 2 aromatic heterocycles. The highest BCUT2D eigenvalue weighted by Gasteiger charge is 2.22. The van der Waals surface area contributed by atoms with Crippen molar-refractivity contribution in [2.75, 3.05) is 49.6 Å². The fraction of sp³-hybridized carbons (Fsp3) is 0.360. The van der Waals surface area contributed by atoms with E-state index in [-0.39, 0.29) is 11.7 Å². The third-order valence-electron chi connectivity index (χ3n) is 6.50. The number of imidazole rings is 1. The molecule has 34 heavy (non-hydrogen) atoms. The molecule has 0 aliphatic carbocycles. The number of nitrogens with one attached hydrogen (secondary N) is 1. The number of benzene rings is 1. The second-order valence-electron chi connectivity index (χ2n) is 8.66. The average Bonchev–Trinajstić information content (AvgIpc) is 3.48. The molecule has 1 N–H and O–H groups in total. The lowest BCUT2D eigenvalue weighted by atomic mass is 10.00. The van der Waals surface area contributed by atoms with E-state index in [0.29, 0.717) is 61.7 Å². The SMILES string of the molecule is CCC1=CCN(C(=O)Nc2cc(-c3cc(N4CCOCC4)c4ncc(F)n4c3)c(C)cc2F)C1. The first-order valence-corrected chi connectivity index (χ1v) is 11.5. The van der Waals surface area contributed by atoms with Gasteiger partial charge in [0.25, 0.3) is 0 Å². The maximum absolute atomic E-state index is 14.8. The van der Waals surface area contributed by atoms with Gasteiger partial charge in [-0.05, 0) is 42.7 Å². The first-order valence-electron chi connectivity index (χ1n) is 11.5. The molecule has 3 aromatic rings. The molecule has 5 rings (SSSR count). The summed E-state index contributed by atoms with van der Waals surface area (Å²) < 4.78 is 36.3. The van der Waals surface area contributed by atoms with Gasteiger partial charge in [-0.3, -0.25) is 4.40 Å². The number of pyridine rings is 1. The molecule has 0 atom stereocenters. The Balaban J connectivity index is 1.51. The van der Waals surface area contributed by atoms with E-state index in [1.165, 1.54) is 22.2 Å². The first kappa shape index (κ1) is 22.3. The van der Waals surface area contributed by atoms with Crippen LogP contribution in [0.25, 0.3) is 16.8 Å². The first-order chi connectivity index (χ1) is 16.4. The second-order valence-corrected chi connectivity index (χ2v) is 8.66. The molecule has 0 radical (unpaired) electrons. The standard InChI is InChI=1S/C25H27F2N5O2/c1-3-17-4-5-31(14-17)25(33)29-21-12-19(16(2)10-20(21)26)18-11-22(30-6-8-34-9-7-30)24-28-13-23(27)32(24)15-18/h4,10-13,15H,3,5-9,14H2,1-2H3,(H,29,33). The van der Waals surface area contributed by atoms with Gasteiger partial charge in [-0.1, -0.05) is 18.6 Å². The molecule has 1 saturated heterocycles. The third-order valence-corrected chi connectivity index (χ3v) is 6.50. The zero-order valence-electron chi connectivity index (χ0n) is 19.3. The van der Waals surface area contributed by atoms with Crippen LogP contribution in [0.2, 0.25) is 0 Å². The number of nitrogens with zero attached hydrogens (tertiary/aromatic N) is 4. The zero-order valence-corrected chi connectivity index (χ0v) is 19.3. The van der Waals surface area contributed by atoms with E-state index in [1.54, 1.807) is 24.1 Å². The van der Waals surface area contributed by atoms with Crippen molar-refractivity contribution < 1.29 is 18.3 Å². The summed E-state index contributed by atoms with van der Waals surface area (Å²) in [7, 11) is 0. The molecule has 7 nitrogen and oxygen atoms in total. The van der Waals surface area contributed by atoms with E-state index in [1.807, 2.05) is 19.1 Å². The van der Waals surface area contributed by atoms with Crippen LogP contribution in [0.3, 0.4) is 0 Å². The summed E-state index contributed by atoms with van der Waals surface area (Å²) in [5.41, 5.74) is 4.67. The molecule has 2 aliphatic rings. The number of hydrogen-bond acceptors (Lipinski definition) is 4. The van der Waals surface area contributed by atoms with E-state index < -0.39 is 11.8 Å². The van der Waals surface area contributed by atoms with E-state index in [0.717, 1.165) is 12.1 Å². The second kappa shape index (κ2) is 9.06. The molecule has 1 aromatic carbocycles. The molecule has 1 fully saturated rings. The summed E-state index contributed by atoms with van der Waals surface area (Å²) in [4.78, 5) is 20.8. The molecular formula is C25H27F2N5O2. The summed E-state index contributed by atoms with van der Waals surface area (Å²) in [6.07, 6.45) is 5.76. The Bertz CT molecular complexity index is 1280. The fourth-order valence-corrected chi connectivity index (χ4v) is 4.52. The predicted octanol–water partition coefficient (Wildman–Crippen LogP) is 4.61. The number of hydrogen-bond donors (Lipinski definition) is 1. The molecule has 2 amide bonds. The van der Waals surface area contributed by atoms with Gasteiger partial charge in [-0.2, -0.15) is 4.39 Å². The van der Waals surface area contributed by atoms with Crippen molar-refractivity contribution in [1.82, 2.24) is 14.3 Å². The Hall–Kier alpha value is -3.46. The topological polar surface area (TPSA) is 62.1 Å². The molecule has 9 heteroatoms. The van der Waals surface area contributed by atoms with Crippen LogP contribution < -0.4 is 10.2 Å². The number of carbonyl (C=O) groups excluding carboxylic acids is 1. The smallest absolute Gasteiger partial charge is 0.322 e. The Kier molecular flexibility index (Phi) is 5.95. The van der Waals surface area contributed by atoms with Crippen LogP contribution in [0.4, 0.5) is 25.0 Å². The van der Waals surface area contributed by atoms with Gasteiger partial charge in [0.1, 0.15) is 5.82 Å². The summed E-state index contributed by atoms with van der Waals surface area (Å²) >= 11 is 0.